The van der Waals surface area contributed by atoms with Crippen LogP contribution in [0.2, 0.25) is 0 Å². The highest BCUT2D eigenvalue weighted by atomic mass is 14.6. The Labute approximate surface area is 77.7 Å². The average molecular weight is 168 g/mol. The molecule has 0 amide bonds. The number of rotatable bonds is 1. The third-order valence-electron chi connectivity index (χ3n) is 1.96. The molecule has 0 fully saturated rings. The van der Waals surface area contributed by atoms with Crippen molar-refractivity contribution in [1.82, 2.24) is 4.98 Å². The first-order valence-corrected chi connectivity index (χ1v) is 4.21. The highest BCUT2D eigenvalue weighted by molar-refractivity contribution is 5.86. The summed E-state index contributed by atoms with van der Waals surface area (Å²) in [5, 5.41) is 1.16. The topological polar surface area (TPSA) is 12.9 Å². The largest absolute Gasteiger partial charge is 0.256 e. The number of para-hydroxylation sites is 1. The van der Waals surface area contributed by atoms with Gasteiger partial charge in [0.05, 0.1) is 5.52 Å². The van der Waals surface area contributed by atoms with E-state index in [1.807, 2.05) is 30.5 Å². The number of nitrogens with zero attached hydrogens (tertiary/aromatic N) is 1. The summed E-state index contributed by atoms with van der Waals surface area (Å²) in [6.07, 6.45) is 5.56. The van der Waals surface area contributed by atoms with Crippen LogP contribution in [0.15, 0.2) is 42.6 Å². The number of pyridine rings is 1. The number of hydrogen-bond acceptors (Lipinski definition) is 1. The summed E-state index contributed by atoms with van der Waals surface area (Å²) in [4.78, 5) is 4.32. The van der Waals surface area contributed by atoms with E-state index in [9.17, 15) is 0 Å². The molecule has 0 atom stereocenters. The smallest absolute Gasteiger partial charge is 0.0774 e. The predicted octanol–water partition coefficient (Wildman–Crippen LogP) is 3.08. The van der Waals surface area contributed by atoms with E-state index in [1.54, 1.807) is 6.08 Å². The molecule has 13 heavy (non-hydrogen) atoms. The van der Waals surface area contributed by atoms with Crippen LogP contribution in [0.3, 0.4) is 0 Å². The van der Waals surface area contributed by atoms with Crippen LogP contribution in [0.25, 0.3) is 17.0 Å². The zero-order valence-corrected chi connectivity index (χ0v) is 7.27. The minimum absolute atomic E-state index is 1.03. The van der Waals surface area contributed by atoms with Crippen LogP contribution >= 0.6 is 0 Å². The first-order chi connectivity index (χ1) is 6.42. The average Bonchev–Trinajstić information content (AvgIpc) is 2.19. The fourth-order valence-electron chi connectivity index (χ4n) is 1.39. The van der Waals surface area contributed by atoms with Gasteiger partial charge in [-0.2, -0.15) is 0 Å². The normalized spacial score (nSPS) is 11.2. The predicted molar refractivity (Wildman–Crippen MR) is 56.1 cm³/mol. The van der Waals surface area contributed by atoms with E-state index in [2.05, 4.69) is 24.0 Å². The lowest BCUT2D eigenvalue weighted by Gasteiger charge is -1.99. The molecular formula is C12H10N. The van der Waals surface area contributed by atoms with Gasteiger partial charge in [0, 0.05) is 17.1 Å². The molecule has 1 aromatic heterocycles. The number of hydrogen-bond donors (Lipinski definition) is 0. The molecule has 1 nitrogen and oxygen atoms in total. The van der Waals surface area contributed by atoms with Gasteiger partial charge >= 0.3 is 0 Å². The molecule has 1 heteroatoms. The van der Waals surface area contributed by atoms with Gasteiger partial charge in [-0.15, -0.1) is 0 Å². The van der Waals surface area contributed by atoms with Crippen LogP contribution < -0.4 is 0 Å². The molecule has 2 aromatic rings. The van der Waals surface area contributed by atoms with Crippen molar-refractivity contribution in [3.8, 4) is 0 Å². The molecule has 1 aromatic carbocycles. The highest BCUT2D eigenvalue weighted by Crippen LogP contribution is 2.16. The number of allylic oxidation sites excluding steroid dienone is 1. The van der Waals surface area contributed by atoms with Crippen molar-refractivity contribution < 1.29 is 0 Å². The van der Waals surface area contributed by atoms with Crippen molar-refractivity contribution in [3.05, 3.63) is 55.1 Å². The lowest BCUT2D eigenvalue weighted by molar-refractivity contribution is 1.41. The molecule has 0 unspecified atom stereocenters. The van der Waals surface area contributed by atoms with E-state index in [0.717, 1.165) is 16.5 Å². The minimum Gasteiger partial charge on any atom is -0.256 e. The summed E-state index contributed by atoms with van der Waals surface area (Å²) in [6, 6.07) is 10.1. The summed E-state index contributed by atoms with van der Waals surface area (Å²) in [7, 11) is 0. The summed E-state index contributed by atoms with van der Waals surface area (Å²) in [6.45, 7) is 3.68. The van der Waals surface area contributed by atoms with Gasteiger partial charge < -0.3 is 0 Å². The van der Waals surface area contributed by atoms with Gasteiger partial charge in [-0.25, -0.2) is 0 Å². The molecule has 0 aliphatic carbocycles. The third-order valence-corrected chi connectivity index (χ3v) is 1.96. The second-order valence-corrected chi connectivity index (χ2v) is 2.82. The molecule has 0 bridgehead atoms. The van der Waals surface area contributed by atoms with E-state index < -0.39 is 0 Å². The lowest BCUT2D eigenvalue weighted by Crippen LogP contribution is -1.81. The van der Waals surface area contributed by atoms with Crippen LogP contribution in [0.5, 0.6) is 0 Å². The summed E-state index contributed by atoms with van der Waals surface area (Å²) in [5.41, 5.74) is 2.15. The molecule has 0 aliphatic heterocycles. The maximum absolute atomic E-state index is 4.32. The Kier molecular flexibility index (Phi) is 2.09. The monoisotopic (exact) mass is 168 g/mol. The lowest BCUT2D eigenvalue weighted by atomic mass is 10.1. The maximum Gasteiger partial charge on any atom is 0.0774 e. The molecular weight excluding hydrogens is 158 g/mol. The highest BCUT2D eigenvalue weighted by Gasteiger charge is 1.96. The zero-order chi connectivity index (χ0) is 9.10. The molecule has 0 saturated heterocycles. The molecule has 2 rings (SSSR count). The SMILES string of the molecule is [CH2]/C=C/c1cccc2cccnc12. The van der Waals surface area contributed by atoms with Crippen molar-refractivity contribution in [3.63, 3.8) is 0 Å². The second kappa shape index (κ2) is 3.40. The molecule has 0 aliphatic rings. The number of aromatic nitrogens is 1. The van der Waals surface area contributed by atoms with E-state index in [4.69, 9.17) is 0 Å². The van der Waals surface area contributed by atoms with Crippen LogP contribution in [-0.2, 0) is 0 Å². The summed E-state index contributed by atoms with van der Waals surface area (Å²) < 4.78 is 0. The summed E-state index contributed by atoms with van der Waals surface area (Å²) in [5.74, 6) is 0. The quantitative estimate of drug-likeness (QED) is 0.637. The van der Waals surface area contributed by atoms with Crippen molar-refractivity contribution in [1.29, 1.82) is 0 Å². The van der Waals surface area contributed by atoms with Gasteiger partial charge in [-0.3, -0.25) is 4.98 Å². The van der Waals surface area contributed by atoms with E-state index in [-0.39, 0.29) is 0 Å². The third kappa shape index (κ3) is 1.45. The Bertz CT molecular complexity index is 438. The molecule has 0 N–H and O–H groups in total. The molecule has 0 saturated carbocycles. The second-order valence-electron chi connectivity index (χ2n) is 2.82. The van der Waals surface area contributed by atoms with Crippen LogP contribution in [0.1, 0.15) is 5.56 Å². The molecule has 63 valence electrons. The van der Waals surface area contributed by atoms with Gasteiger partial charge in [0.15, 0.2) is 0 Å². The van der Waals surface area contributed by atoms with E-state index in [0.29, 0.717) is 0 Å². The Morgan fingerprint density at radius 2 is 2.00 bits per heavy atom. The van der Waals surface area contributed by atoms with Gasteiger partial charge in [0.25, 0.3) is 0 Å². The first-order valence-electron chi connectivity index (χ1n) is 4.21. The van der Waals surface area contributed by atoms with Gasteiger partial charge in [-0.05, 0) is 13.0 Å². The van der Waals surface area contributed by atoms with Crippen molar-refractivity contribution in [2.75, 3.05) is 0 Å². The van der Waals surface area contributed by atoms with E-state index in [1.165, 1.54) is 0 Å². The van der Waals surface area contributed by atoms with Crippen LogP contribution in [-0.4, -0.2) is 4.98 Å². The van der Waals surface area contributed by atoms with Crippen molar-refractivity contribution in [2.24, 2.45) is 0 Å². The van der Waals surface area contributed by atoms with Crippen LogP contribution in [0.4, 0.5) is 0 Å². The Balaban J connectivity index is 2.75. The summed E-state index contributed by atoms with van der Waals surface area (Å²) >= 11 is 0. The molecule has 1 radical (unpaired) electrons. The Hall–Kier alpha value is -1.63. The number of fused-ring (bicyclic) bond motifs is 1. The zero-order valence-electron chi connectivity index (χ0n) is 7.27. The van der Waals surface area contributed by atoms with Crippen molar-refractivity contribution >= 4 is 17.0 Å². The maximum atomic E-state index is 4.32. The first kappa shape index (κ1) is 7.99. The standard InChI is InChI=1S/C12H10N/c1-2-5-10-6-3-7-11-8-4-9-13-12(10)11/h2-9H,1H2/b5-2+. The Morgan fingerprint density at radius 3 is 2.85 bits per heavy atom. The van der Waals surface area contributed by atoms with Gasteiger partial charge in [-0.1, -0.05) is 36.4 Å². The van der Waals surface area contributed by atoms with Crippen molar-refractivity contribution in [2.45, 2.75) is 0 Å². The fraction of sp³-hybridized carbons (Fsp3) is 0. The number of benzene rings is 1. The van der Waals surface area contributed by atoms with Gasteiger partial charge in [0.2, 0.25) is 0 Å². The molecule has 1 heterocycles. The fourth-order valence-corrected chi connectivity index (χ4v) is 1.39. The van der Waals surface area contributed by atoms with Crippen LogP contribution in [0, 0.1) is 6.92 Å². The Morgan fingerprint density at radius 1 is 1.15 bits per heavy atom. The molecule has 0 spiro atoms. The van der Waals surface area contributed by atoms with E-state index >= 15 is 0 Å². The van der Waals surface area contributed by atoms with Gasteiger partial charge in [0.1, 0.15) is 0 Å². The minimum atomic E-state index is 1.03.